The first-order valence-corrected chi connectivity index (χ1v) is 15.3. The van der Waals surface area contributed by atoms with Crippen molar-refractivity contribution in [1.82, 2.24) is 9.88 Å². The number of hydrogen-bond acceptors (Lipinski definition) is 7. The molecule has 0 saturated carbocycles. The highest BCUT2D eigenvalue weighted by atomic mass is 16.5. The molecule has 46 heavy (non-hydrogen) atoms. The summed E-state index contributed by atoms with van der Waals surface area (Å²) in [7, 11) is 3.32. The highest BCUT2D eigenvalue weighted by Crippen LogP contribution is 2.33. The number of para-hydroxylation sites is 2. The van der Waals surface area contributed by atoms with Crippen LogP contribution in [0, 0.1) is 0 Å². The second-order valence-electron chi connectivity index (χ2n) is 11.1. The van der Waals surface area contributed by atoms with Gasteiger partial charge in [-0.15, -0.1) is 0 Å². The van der Waals surface area contributed by atoms with E-state index in [1.807, 2.05) is 36.4 Å². The molecule has 2 N–H and O–H groups in total. The summed E-state index contributed by atoms with van der Waals surface area (Å²) in [4.78, 5) is 33.1. The third-order valence-electron chi connectivity index (χ3n) is 8.05. The van der Waals surface area contributed by atoms with Crippen LogP contribution in [0.1, 0.15) is 38.3 Å². The van der Waals surface area contributed by atoms with Crippen LogP contribution in [-0.4, -0.2) is 55.6 Å². The topological polar surface area (TPSA) is 102 Å². The van der Waals surface area contributed by atoms with Gasteiger partial charge in [0.2, 0.25) is 0 Å². The molecule has 234 valence electrons. The SMILES string of the molecule is COc1cc2c(cc1OC)CN(CCCOc1cccc(NC(=O)c3ccccc3NC(=O)c3cnc4ccccc4c3)c1)CC2. The fourth-order valence-electron chi connectivity index (χ4n) is 5.65. The van der Waals surface area contributed by atoms with Gasteiger partial charge in [0, 0.05) is 43.0 Å². The molecule has 1 aromatic heterocycles. The molecule has 0 fully saturated rings. The Labute approximate surface area is 268 Å². The molecule has 0 aliphatic carbocycles. The second-order valence-corrected chi connectivity index (χ2v) is 11.1. The van der Waals surface area contributed by atoms with Crippen LogP contribution in [0.25, 0.3) is 10.9 Å². The van der Waals surface area contributed by atoms with Crippen LogP contribution in [-0.2, 0) is 13.0 Å². The number of carbonyl (C=O) groups excluding carboxylic acids is 2. The van der Waals surface area contributed by atoms with Gasteiger partial charge in [0.15, 0.2) is 11.5 Å². The Morgan fingerprint density at radius 3 is 2.46 bits per heavy atom. The Morgan fingerprint density at radius 1 is 0.826 bits per heavy atom. The molecule has 0 radical (unpaired) electrons. The average Bonchev–Trinajstić information content (AvgIpc) is 3.09. The standard InChI is InChI=1S/C37H36N4O5/c1-44-34-20-25-15-17-41(24-28(25)21-35(34)45-2)16-8-18-46-30-11-7-10-29(22-30)39-37(43)31-12-4-6-14-33(31)40-36(42)27-19-26-9-3-5-13-32(26)38-23-27/h3-7,9-14,19-23H,8,15-18,24H2,1-2H3,(H,39,43)(H,40,42). The lowest BCUT2D eigenvalue weighted by Gasteiger charge is -2.29. The number of amides is 2. The molecule has 1 aliphatic heterocycles. The van der Waals surface area contributed by atoms with Crippen molar-refractivity contribution in [3.63, 3.8) is 0 Å². The highest BCUT2D eigenvalue weighted by Gasteiger charge is 2.19. The number of rotatable bonds is 11. The van der Waals surface area contributed by atoms with Crippen molar-refractivity contribution in [2.75, 3.05) is 44.5 Å². The van der Waals surface area contributed by atoms with Crippen molar-refractivity contribution in [3.8, 4) is 17.2 Å². The van der Waals surface area contributed by atoms with E-state index in [1.54, 1.807) is 56.7 Å². The number of nitrogens with zero attached hydrogens (tertiary/aromatic N) is 2. The molecule has 9 nitrogen and oxygen atoms in total. The van der Waals surface area contributed by atoms with Crippen molar-refractivity contribution >= 4 is 34.1 Å². The molecule has 2 heterocycles. The van der Waals surface area contributed by atoms with Crippen LogP contribution in [0.2, 0.25) is 0 Å². The quantitative estimate of drug-likeness (QED) is 0.162. The first kappa shape index (κ1) is 30.6. The van der Waals surface area contributed by atoms with Gasteiger partial charge in [-0.05, 0) is 72.5 Å². The van der Waals surface area contributed by atoms with Gasteiger partial charge >= 0.3 is 0 Å². The smallest absolute Gasteiger partial charge is 0.257 e. The molecular weight excluding hydrogens is 580 g/mol. The van der Waals surface area contributed by atoms with Crippen molar-refractivity contribution in [1.29, 1.82) is 0 Å². The first-order valence-electron chi connectivity index (χ1n) is 15.3. The van der Waals surface area contributed by atoms with E-state index in [-0.39, 0.29) is 11.8 Å². The van der Waals surface area contributed by atoms with E-state index in [9.17, 15) is 9.59 Å². The lowest BCUT2D eigenvalue weighted by atomic mass is 9.98. The molecule has 1 aliphatic rings. The number of methoxy groups -OCH3 is 2. The molecule has 5 aromatic rings. The van der Waals surface area contributed by atoms with Gasteiger partial charge in [-0.25, -0.2) is 0 Å². The van der Waals surface area contributed by atoms with Crippen LogP contribution in [0.5, 0.6) is 17.2 Å². The lowest BCUT2D eigenvalue weighted by molar-refractivity contribution is 0.102. The Kier molecular flexibility index (Phi) is 9.40. The zero-order valence-corrected chi connectivity index (χ0v) is 25.9. The van der Waals surface area contributed by atoms with E-state index in [4.69, 9.17) is 14.2 Å². The largest absolute Gasteiger partial charge is 0.493 e. The fraction of sp³-hybridized carbons (Fsp3) is 0.216. The Hall–Kier alpha value is -5.41. The summed E-state index contributed by atoms with van der Waals surface area (Å²) in [6, 6.07) is 27.8. The highest BCUT2D eigenvalue weighted by molar-refractivity contribution is 6.13. The molecular formula is C37H36N4O5. The predicted molar refractivity (Wildman–Crippen MR) is 179 cm³/mol. The fourth-order valence-corrected chi connectivity index (χ4v) is 5.65. The van der Waals surface area contributed by atoms with Gasteiger partial charge in [0.05, 0.1) is 43.2 Å². The third-order valence-corrected chi connectivity index (χ3v) is 8.05. The Bertz CT molecular complexity index is 1870. The summed E-state index contributed by atoms with van der Waals surface area (Å²) in [5.41, 5.74) is 5.13. The van der Waals surface area contributed by atoms with Gasteiger partial charge in [0.25, 0.3) is 11.8 Å². The molecule has 2 amide bonds. The maximum atomic E-state index is 13.3. The van der Waals surface area contributed by atoms with Crippen LogP contribution >= 0.6 is 0 Å². The van der Waals surface area contributed by atoms with E-state index >= 15 is 0 Å². The minimum Gasteiger partial charge on any atom is -0.493 e. The summed E-state index contributed by atoms with van der Waals surface area (Å²) in [5.74, 6) is 1.51. The van der Waals surface area contributed by atoms with E-state index in [0.29, 0.717) is 34.9 Å². The van der Waals surface area contributed by atoms with Crippen molar-refractivity contribution in [3.05, 3.63) is 119 Å². The number of carbonyl (C=O) groups is 2. The van der Waals surface area contributed by atoms with Gasteiger partial charge in [-0.2, -0.15) is 0 Å². The molecule has 0 spiro atoms. The number of aromatic nitrogens is 1. The van der Waals surface area contributed by atoms with Crippen molar-refractivity contribution in [2.45, 2.75) is 19.4 Å². The molecule has 0 atom stereocenters. The van der Waals surface area contributed by atoms with Crippen molar-refractivity contribution in [2.24, 2.45) is 0 Å². The van der Waals surface area contributed by atoms with Gasteiger partial charge in [0.1, 0.15) is 5.75 Å². The number of ether oxygens (including phenoxy) is 3. The monoisotopic (exact) mass is 616 g/mol. The number of anilines is 2. The van der Waals surface area contributed by atoms with E-state index < -0.39 is 0 Å². The molecule has 0 bridgehead atoms. The lowest BCUT2D eigenvalue weighted by Crippen LogP contribution is -2.32. The number of fused-ring (bicyclic) bond motifs is 2. The van der Waals surface area contributed by atoms with Crippen LogP contribution in [0.15, 0.2) is 97.2 Å². The predicted octanol–water partition coefficient (Wildman–Crippen LogP) is 6.58. The molecule has 4 aromatic carbocycles. The number of benzene rings is 4. The normalized spacial score (nSPS) is 12.7. The number of pyridine rings is 1. The maximum Gasteiger partial charge on any atom is 0.257 e. The van der Waals surface area contributed by atoms with Crippen LogP contribution < -0.4 is 24.8 Å². The summed E-state index contributed by atoms with van der Waals surface area (Å²) in [6.45, 7) is 3.29. The van der Waals surface area contributed by atoms with E-state index in [2.05, 4.69) is 32.7 Å². The first-order chi connectivity index (χ1) is 22.5. The zero-order chi connectivity index (χ0) is 31.9. The minimum absolute atomic E-state index is 0.343. The maximum absolute atomic E-state index is 13.3. The molecule has 6 rings (SSSR count). The number of hydrogen-bond donors (Lipinski definition) is 2. The Morgan fingerprint density at radius 2 is 1.61 bits per heavy atom. The second kappa shape index (κ2) is 14.1. The third kappa shape index (κ3) is 7.11. The van der Waals surface area contributed by atoms with E-state index in [0.717, 1.165) is 54.9 Å². The van der Waals surface area contributed by atoms with Crippen LogP contribution in [0.4, 0.5) is 11.4 Å². The molecule has 9 heteroatoms. The van der Waals surface area contributed by atoms with Gasteiger partial charge < -0.3 is 24.8 Å². The minimum atomic E-state index is -0.345. The summed E-state index contributed by atoms with van der Waals surface area (Å²) < 4.78 is 17.0. The summed E-state index contributed by atoms with van der Waals surface area (Å²) in [6.07, 6.45) is 3.36. The van der Waals surface area contributed by atoms with Crippen LogP contribution in [0.3, 0.4) is 0 Å². The summed E-state index contributed by atoms with van der Waals surface area (Å²) in [5, 5.41) is 6.67. The average molecular weight is 617 g/mol. The van der Waals surface area contributed by atoms with E-state index in [1.165, 1.54) is 17.3 Å². The van der Waals surface area contributed by atoms with Gasteiger partial charge in [-0.1, -0.05) is 36.4 Å². The molecule has 0 unspecified atom stereocenters. The summed E-state index contributed by atoms with van der Waals surface area (Å²) >= 11 is 0. The molecule has 0 saturated heterocycles. The van der Waals surface area contributed by atoms with Gasteiger partial charge in [-0.3, -0.25) is 19.5 Å². The zero-order valence-electron chi connectivity index (χ0n) is 25.9. The number of nitrogens with one attached hydrogen (secondary N) is 2. The Balaban J connectivity index is 1.02. The van der Waals surface area contributed by atoms with Crippen molar-refractivity contribution < 1.29 is 23.8 Å².